The number of methoxy groups -OCH3 is 1. The molecule has 1 heterocycles. The van der Waals surface area contributed by atoms with Crippen LogP contribution in [0.15, 0.2) is 53.3 Å². The summed E-state index contributed by atoms with van der Waals surface area (Å²) in [5.74, 6) is 1.02. The summed E-state index contributed by atoms with van der Waals surface area (Å²) in [6, 6.07) is 14.7. The zero-order valence-electron chi connectivity index (χ0n) is 11.0. The molecule has 0 radical (unpaired) electrons. The van der Waals surface area contributed by atoms with Crippen molar-refractivity contribution >= 4 is 16.7 Å². The predicted molar refractivity (Wildman–Crippen MR) is 81.0 cm³/mol. The number of aromatic nitrogens is 1. The number of nitrogens with two attached hydrogens (primary N) is 1. The number of hydrogen-bond donors (Lipinski definition) is 2. The number of ether oxygens (including phenoxy) is 1. The van der Waals surface area contributed by atoms with Crippen molar-refractivity contribution in [1.82, 2.24) is 4.98 Å². The van der Waals surface area contributed by atoms with Crippen LogP contribution in [0.1, 0.15) is 0 Å². The standard InChI is InChI=1S/C16H14N2O2/c1-20-11-7-8-13-12(9-11)15(19)14(16(17)18-13)10-5-3-2-4-6-10/h2-9H,1H3,(H3,17,18,19). The van der Waals surface area contributed by atoms with E-state index in [4.69, 9.17) is 10.5 Å². The van der Waals surface area contributed by atoms with Gasteiger partial charge in [0.05, 0.1) is 18.2 Å². The Bertz CT molecular complexity index is 823. The van der Waals surface area contributed by atoms with Gasteiger partial charge in [0.25, 0.3) is 0 Å². The number of H-pyrrole nitrogens is 1. The molecule has 4 nitrogen and oxygen atoms in total. The maximum absolute atomic E-state index is 12.7. The highest BCUT2D eigenvalue weighted by atomic mass is 16.5. The van der Waals surface area contributed by atoms with E-state index < -0.39 is 0 Å². The molecule has 0 amide bonds. The van der Waals surface area contributed by atoms with Gasteiger partial charge in [0.1, 0.15) is 11.6 Å². The third-order valence-electron chi connectivity index (χ3n) is 3.30. The first-order valence-electron chi connectivity index (χ1n) is 6.25. The second-order valence-corrected chi connectivity index (χ2v) is 4.52. The summed E-state index contributed by atoms with van der Waals surface area (Å²) in [4.78, 5) is 15.7. The van der Waals surface area contributed by atoms with Crippen LogP contribution in [0.3, 0.4) is 0 Å². The first kappa shape index (κ1) is 12.3. The van der Waals surface area contributed by atoms with E-state index in [1.165, 1.54) is 0 Å². The van der Waals surface area contributed by atoms with Gasteiger partial charge < -0.3 is 15.5 Å². The fourth-order valence-electron chi connectivity index (χ4n) is 2.30. The van der Waals surface area contributed by atoms with Crippen LogP contribution in [0.2, 0.25) is 0 Å². The lowest BCUT2D eigenvalue weighted by molar-refractivity contribution is 0.415. The Kier molecular flexibility index (Phi) is 2.91. The number of hydrogen-bond acceptors (Lipinski definition) is 3. The number of benzene rings is 2. The molecule has 0 saturated carbocycles. The maximum atomic E-state index is 12.7. The van der Waals surface area contributed by atoms with Gasteiger partial charge in [0, 0.05) is 5.39 Å². The van der Waals surface area contributed by atoms with E-state index >= 15 is 0 Å². The van der Waals surface area contributed by atoms with Gasteiger partial charge in [0.15, 0.2) is 5.43 Å². The first-order chi connectivity index (χ1) is 9.70. The minimum atomic E-state index is -0.0960. The average Bonchev–Trinajstić information content (AvgIpc) is 2.48. The van der Waals surface area contributed by atoms with Crippen molar-refractivity contribution in [2.75, 3.05) is 12.8 Å². The number of anilines is 1. The van der Waals surface area contributed by atoms with Crippen LogP contribution >= 0.6 is 0 Å². The quantitative estimate of drug-likeness (QED) is 0.749. The van der Waals surface area contributed by atoms with Crippen molar-refractivity contribution in [3.63, 3.8) is 0 Å². The van der Waals surface area contributed by atoms with Crippen LogP contribution in [0, 0.1) is 0 Å². The number of aromatic amines is 1. The molecule has 20 heavy (non-hydrogen) atoms. The minimum Gasteiger partial charge on any atom is -0.497 e. The lowest BCUT2D eigenvalue weighted by atomic mass is 10.0. The second-order valence-electron chi connectivity index (χ2n) is 4.52. The summed E-state index contributed by atoms with van der Waals surface area (Å²) in [7, 11) is 1.57. The molecule has 3 N–H and O–H groups in total. The number of nitrogens with one attached hydrogen (secondary N) is 1. The molecule has 0 bridgehead atoms. The molecule has 4 heteroatoms. The summed E-state index contributed by atoms with van der Waals surface area (Å²) in [5, 5.41) is 0.567. The fourth-order valence-corrected chi connectivity index (χ4v) is 2.30. The maximum Gasteiger partial charge on any atom is 0.199 e. The molecule has 100 valence electrons. The highest BCUT2D eigenvalue weighted by Crippen LogP contribution is 2.25. The third kappa shape index (κ3) is 1.91. The van der Waals surface area contributed by atoms with Crippen LogP contribution in [0.25, 0.3) is 22.0 Å². The van der Waals surface area contributed by atoms with Gasteiger partial charge >= 0.3 is 0 Å². The minimum absolute atomic E-state index is 0.0960. The van der Waals surface area contributed by atoms with Crippen molar-refractivity contribution in [2.45, 2.75) is 0 Å². The Balaban J connectivity index is 2.36. The highest BCUT2D eigenvalue weighted by molar-refractivity contribution is 5.89. The molecule has 0 aliphatic heterocycles. The van der Waals surface area contributed by atoms with Crippen LogP contribution in [-0.2, 0) is 0 Å². The molecule has 0 aliphatic carbocycles. The summed E-state index contributed by atoms with van der Waals surface area (Å²) in [6.45, 7) is 0. The summed E-state index contributed by atoms with van der Waals surface area (Å²) in [5.41, 5.74) is 7.90. The number of pyridine rings is 1. The Hall–Kier alpha value is -2.75. The van der Waals surface area contributed by atoms with Crippen LogP contribution in [0.4, 0.5) is 5.82 Å². The molecule has 0 unspecified atom stereocenters. The molecule has 2 aromatic carbocycles. The number of fused-ring (bicyclic) bond motifs is 1. The van der Waals surface area contributed by atoms with E-state index in [2.05, 4.69) is 4.98 Å². The van der Waals surface area contributed by atoms with Gasteiger partial charge in [-0.15, -0.1) is 0 Å². The molecule has 0 spiro atoms. The van der Waals surface area contributed by atoms with E-state index in [0.29, 0.717) is 28.0 Å². The van der Waals surface area contributed by atoms with E-state index in [-0.39, 0.29) is 5.43 Å². The number of rotatable bonds is 2. The van der Waals surface area contributed by atoms with E-state index in [0.717, 1.165) is 5.56 Å². The van der Waals surface area contributed by atoms with Gasteiger partial charge in [-0.3, -0.25) is 4.79 Å². The average molecular weight is 266 g/mol. The monoisotopic (exact) mass is 266 g/mol. The zero-order chi connectivity index (χ0) is 14.1. The van der Waals surface area contributed by atoms with Crippen molar-refractivity contribution in [2.24, 2.45) is 0 Å². The predicted octanol–water partition coefficient (Wildman–Crippen LogP) is 2.79. The molecule has 0 fully saturated rings. The van der Waals surface area contributed by atoms with Crippen molar-refractivity contribution in [3.05, 3.63) is 58.8 Å². The van der Waals surface area contributed by atoms with Crippen molar-refractivity contribution in [3.8, 4) is 16.9 Å². The molecule has 0 aliphatic rings. The molecule has 3 aromatic rings. The lowest BCUT2D eigenvalue weighted by Crippen LogP contribution is -2.11. The SMILES string of the molecule is COc1ccc2[nH]c(N)c(-c3ccccc3)c(=O)c2c1. The Labute approximate surface area is 115 Å². The third-order valence-corrected chi connectivity index (χ3v) is 3.30. The van der Waals surface area contributed by atoms with Gasteiger partial charge in [0.2, 0.25) is 0 Å². The Morgan fingerprint density at radius 1 is 1.10 bits per heavy atom. The summed E-state index contributed by atoms with van der Waals surface area (Å²) < 4.78 is 5.17. The molecular formula is C16H14N2O2. The highest BCUT2D eigenvalue weighted by Gasteiger charge is 2.12. The smallest absolute Gasteiger partial charge is 0.199 e. The van der Waals surface area contributed by atoms with E-state index in [1.807, 2.05) is 30.3 Å². The summed E-state index contributed by atoms with van der Waals surface area (Å²) >= 11 is 0. The van der Waals surface area contributed by atoms with Gasteiger partial charge in [-0.1, -0.05) is 30.3 Å². The molecule has 3 rings (SSSR count). The van der Waals surface area contributed by atoms with Gasteiger partial charge in [-0.2, -0.15) is 0 Å². The van der Waals surface area contributed by atoms with Gasteiger partial charge in [-0.25, -0.2) is 0 Å². The molecular weight excluding hydrogens is 252 g/mol. The largest absolute Gasteiger partial charge is 0.497 e. The molecule has 0 saturated heterocycles. The van der Waals surface area contributed by atoms with Gasteiger partial charge in [-0.05, 0) is 23.8 Å². The topological polar surface area (TPSA) is 68.1 Å². The lowest BCUT2D eigenvalue weighted by Gasteiger charge is -2.09. The first-order valence-corrected chi connectivity index (χ1v) is 6.25. The van der Waals surface area contributed by atoms with Crippen LogP contribution in [0.5, 0.6) is 5.75 Å². The Morgan fingerprint density at radius 2 is 1.85 bits per heavy atom. The van der Waals surface area contributed by atoms with E-state index in [1.54, 1.807) is 25.3 Å². The van der Waals surface area contributed by atoms with Crippen LogP contribution in [-0.4, -0.2) is 12.1 Å². The fraction of sp³-hybridized carbons (Fsp3) is 0.0625. The zero-order valence-corrected chi connectivity index (χ0v) is 11.0. The molecule has 1 aromatic heterocycles. The number of nitrogen functional groups attached to an aromatic ring is 1. The molecule has 0 atom stereocenters. The Morgan fingerprint density at radius 3 is 2.55 bits per heavy atom. The van der Waals surface area contributed by atoms with E-state index in [9.17, 15) is 4.79 Å². The van der Waals surface area contributed by atoms with Crippen molar-refractivity contribution in [1.29, 1.82) is 0 Å². The summed E-state index contributed by atoms with van der Waals surface area (Å²) in [6.07, 6.45) is 0. The van der Waals surface area contributed by atoms with Crippen molar-refractivity contribution < 1.29 is 4.74 Å². The normalized spacial score (nSPS) is 10.7. The van der Waals surface area contributed by atoms with Crippen LogP contribution < -0.4 is 15.9 Å². The second kappa shape index (κ2) is 4.74.